The van der Waals surface area contributed by atoms with Crippen LogP contribution in [0.1, 0.15) is 10.4 Å². The summed E-state index contributed by atoms with van der Waals surface area (Å²) in [7, 11) is -3.32. The van der Waals surface area contributed by atoms with Gasteiger partial charge in [-0.25, -0.2) is 8.42 Å². The molecular formula is C22H22Cl2N4O5S2. The first-order valence-corrected chi connectivity index (χ1v) is 13.6. The third-order valence-electron chi connectivity index (χ3n) is 4.90. The number of hydrogen-bond donors (Lipinski definition) is 2. The summed E-state index contributed by atoms with van der Waals surface area (Å²) >= 11 is 11.9. The van der Waals surface area contributed by atoms with Gasteiger partial charge in [0.15, 0.2) is 0 Å². The van der Waals surface area contributed by atoms with Gasteiger partial charge in [-0.2, -0.15) is 12.7 Å². The SMILES string of the molecule is CN(C)S(=O)(=O)N(C)c1ccc(C(=O)Nc2ccc(S(=O)(=O)Nc3ccc(Cl)cc3Cl)cc2)cc1. The third kappa shape index (κ3) is 6.24. The second-order valence-corrected chi connectivity index (χ2v) is 12.2. The standard InChI is InChI=1S/C22H22Cl2N4O5S2/c1-27(2)35(32,33)28(3)18-9-4-15(5-10-18)22(29)25-17-7-11-19(12-8-17)34(30,31)26-21-13-6-16(23)14-20(21)24/h4-14,26H,1-3H3,(H,25,29). The molecule has 0 fully saturated rings. The Kier molecular flexibility index (Phi) is 7.97. The Hall–Kier alpha value is -2.83. The summed E-state index contributed by atoms with van der Waals surface area (Å²) in [6.45, 7) is 0. The van der Waals surface area contributed by atoms with Gasteiger partial charge in [0.2, 0.25) is 0 Å². The average Bonchev–Trinajstić information content (AvgIpc) is 2.80. The predicted octanol–water partition coefficient (Wildman–Crippen LogP) is 4.29. The van der Waals surface area contributed by atoms with E-state index < -0.39 is 26.1 Å². The first-order chi connectivity index (χ1) is 16.3. The first kappa shape index (κ1) is 26.8. The summed E-state index contributed by atoms with van der Waals surface area (Å²) in [5, 5.41) is 3.20. The van der Waals surface area contributed by atoms with Gasteiger partial charge < -0.3 is 5.32 Å². The van der Waals surface area contributed by atoms with Crippen molar-refractivity contribution in [3.05, 3.63) is 82.3 Å². The molecule has 35 heavy (non-hydrogen) atoms. The van der Waals surface area contributed by atoms with Crippen molar-refractivity contribution in [2.75, 3.05) is 35.5 Å². The van der Waals surface area contributed by atoms with E-state index in [1.807, 2.05) is 0 Å². The first-order valence-electron chi connectivity index (χ1n) is 9.97. The fraction of sp³-hybridized carbons (Fsp3) is 0.136. The summed E-state index contributed by atoms with van der Waals surface area (Å²) in [5.41, 5.74) is 1.23. The molecule has 0 atom stereocenters. The Bertz CT molecular complexity index is 1440. The predicted molar refractivity (Wildman–Crippen MR) is 139 cm³/mol. The van der Waals surface area contributed by atoms with Crippen molar-refractivity contribution in [3.8, 4) is 0 Å². The zero-order valence-corrected chi connectivity index (χ0v) is 22.0. The molecule has 0 spiro atoms. The van der Waals surface area contributed by atoms with E-state index in [-0.39, 0.29) is 15.6 Å². The van der Waals surface area contributed by atoms with Crippen LogP contribution >= 0.6 is 23.2 Å². The Morgan fingerprint density at radius 1 is 0.829 bits per heavy atom. The van der Waals surface area contributed by atoms with Crippen molar-refractivity contribution < 1.29 is 21.6 Å². The number of carbonyl (C=O) groups excluding carboxylic acids is 1. The minimum atomic E-state index is -3.92. The molecule has 13 heteroatoms. The summed E-state index contributed by atoms with van der Waals surface area (Å²) < 4.78 is 54.3. The Morgan fingerprint density at radius 2 is 1.43 bits per heavy atom. The zero-order valence-electron chi connectivity index (χ0n) is 18.9. The molecule has 0 bridgehead atoms. The molecule has 0 unspecified atom stereocenters. The van der Waals surface area contributed by atoms with Crippen LogP contribution in [0.3, 0.4) is 0 Å². The second kappa shape index (κ2) is 10.4. The molecule has 2 N–H and O–H groups in total. The van der Waals surface area contributed by atoms with Gasteiger partial charge in [0, 0.05) is 37.4 Å². The fourth-order valence-electron chi connectivity index (χ4n) is 2.90. The number of amides is 1. The minimum Gasteiger partial charge on any atom is -0.322 e. The van der Waals surface area contributed by atoms with Crippen LogP contribution in [0.2, 0.25) is 10.0 Å². The molecule has 0 saturated carbocycles. The van der Waals surface area contributed by atoms with Crippen LogP contribution in [0.5, 0.6) is 0 Å². The molecule has 0 radical (unpaired) electrons. The summed E-state index contributed by atoms with van der Waals surface area (Å²) in [5.74, 6) is -0.448. The number of sulfonamides is 1. The summed E-state index contributed by atoms with van der Waals surface area (Å²) in [4.78, 5) is 12.5. The van der Waals surface area contributed by atoms with Crippen molar-refractivity contribution >= 4 is 66.4 Å². The largest absolute Gasteiger partial charge is 0.322 e. The molecule has 0 aliphatic heterocycles. The lowest BCUT2D eigenvalue weighted by atomic mass is 10.2. The van der Waals surface area contributed by atoms with Crippen LogP contribution in [0.4, 0.5) is 17.1 Å². The lowest BCUT2D eigenvalue weighted by molar-refractivity contribution is 0.102. The highest BCUT2D eigenvalue weighted by Gasteiger charge is 2.21. The molecule has 0 aromatic heterocycles. The number of hydrogen-bond acceptors (Lipinski definition) is 5. The molecule has 3 aromatic rings. The molecule has 186 valence electrons. The molecule has 0 heterocycles. The number of nitrogens with one attached hydrogen (secondary N) is 2. The van der Waals surface area contributed by atoms with Crippen LogP contribution in [0.15, 0.2) is 71.6 Å². The van der Waals surface area contributed by atoms with Crippen molar-refractivity contribution in [1.82, 2.24) is 4.31 Å². The van der Waals surface area contributed by atoms with E-state index in [4.69, 9.17) is 23.2 Å². The lowest BCUT2D eigenvalue weighted by Gasteiger charge is -2.23. The van der Waals surface area contributed by atoms with Crippen molar-refractivity contribution in [3.63, 3.8) is 0 Å². The van der Waals surface area contributed by atoms with E-state index >= 15 is 0 Å². The molecule has 0 aliphatic rings. The van der Waals surface area contributed by atoms with Crippen LogP contribution < -0.4 is 14.3 Å². The molecule has 0 saturated heterocycles. The van der Waals surface area contributed by atoms with Gasteiger partial charge in [-0.15, -0.1) is 0 Å². The second-order valence-electron chi connectivity index (χ2n) is 7.51. The Balaban J connectivity index is 1.70. The highest BCUT2D eigenvalue weighted by Crippen LogP contribution is 2.28. The Labute approximate surface area is 214 Å². The number of halogens is 2. The van der Waals surface area contributed by atoms with E-state index in [1.165, 1.54) is 87.9 Å². The fourth-order valence-corrected chi connectivity index (χ4v) is 5.37. The minimum absolute atomic E-state index is 0.0315. The molecular weight excluding hydrogens is 535 g/mol. The topological polar surface area (TPSA) is 116 Å². The van der Waals surface area contributed by atoms with E-state index in [9.17, 15) is 21.6 Å². The molecule has 0 aliphatic carbocycles. The van der Waals surface area contributed by atoms with Crippen LogP contribution in [0, 0.1) is 0 Å². The molecule has 3 rings (SSSR count). The van der Waals surface area contributed by atoms with E-state index in [2.05, 4.69) is 10.0 Å². The summed E-state index contributed by atoms with van der Waals surface area (Å²) in [6, 6.07) is 16.0. The van der Waals surface area contributed by atoms with Gasteiger partial charge in [-0.3, -0.25) is 13.8 Å². The maximum Gasteiger partial charge on any atom is 0.303 e. The number of carbonyl (C=O) groups is 1. The van der Waals surface area contributed by atoms with E-state index in [0.29, 0.717) is 22.0 Å². The van der Waals surface area contributed by atoms with Crippen molar-refractivity contribution in [2.45, 2.75) is 4.90 Å². The van der Waals surface area contributed by atoms with E-state index in [0.717, 1.165) is 8.61 Å². The highest BCUT2D eigenvalue weighted by atomic mass is 35.5. The summed E-state index contributed by atoms with van der Waals surface area (Å²) in [6.07, 6.45) is 0. The maximum absolute atomic E-state index is 12.7. The number of anilines is 3. The number of benzene rings is 3. The van der Waals surface area contributed by atoms with Gasteiger partial charge in [0.1, 0.15) is 0 Å². The van der Waals surface area contributed by atoms with Gasteiger partial charge in [0.25, 0.3) is 15.9 Å². The van der Waals surface area contributed by atoms with Gasteiger partial charge >= 0.3 is 10.2 Å². The molecule has 3 aromatic carbocycles. The maximum atomic E-state index is 12.7. The quantitative estimate of drug-likeness (QED) is 0.429. The highest BCUT2D eigenvalue weighted by molar-refractivity contribution is 7.92. The average molecular weight is 557 g/mol. The third-order valence-corrected chi connectivity index (χ3v) is 8.65. The van der Waals surface area contributed by atoms with Crippen LogP contribution in [-0.2, 0) is 20.2 Å². The van der Waals surface area contributed by atoms with E-state index in [1.54, 1.807) is 0 Å². The van der Waals surface area contributed by atoms with Crippen LogP contribution in [-0.4, -0.2) is 48.2 Å². The van der Waals surface area contributed by atoms with Crippen LogP contribution in [0.25, 0.3) is 0 Å². The van der Waals surface area contributed by atoms with Gasteiger partial charge in [-0.1, -0.05) is 23.2 Å². The number of nitrogens with zero attached hydrogens (tertiary/aromatic N) is 2. The van der Waals surface area contributed by atoms with Crippen molar-refractivity contribution in [2.24, 2.45) is 0 Å². The van der Waals surface area contributed by atoms with Crippen molar-refractivity contribution in [1.29, 1.82) is 0 Å². The normalized spacial score (nSPS) is 11.8. The molecule has 1 amide bonds. The van der Waals surface area contributed by atoms with Gasteiger partial charge in [0.05, 0.1) is 21.3 Å². The number of rotatable bonds is 8. The zero-order chi connectivity index (χ0) is 26.0. The molecule has 9 nitrogen and oxygen atoms in total. The Morgan fingerprint density at radius 3 is 1.97 bits per heavy atom. The lowest BCUT2D eigenvalue weighted by Crippen LogP contribution is -2.37. The smallest absolute Gasteiger partial charge is 0.303 e. The van der Waals surface area contributed by atoms with Gasteiger partial charge in [-0.05, 0) is 66.7 Å². The monoisotopic (exact) mass is 556 g/mol.